The van der Waals surface area contributed by atoms with Crippen molar-refractivity contribution in [1.82, 2.24) is 5.32 Å². The van der Waals surface area contributed by atoms with Crippen molar-refractivity contribution >= 4 is 11.9 Å². The van der Waals surface area contributed by atoms with E-state index in [1.54, 1.807) is 24.3 Å². The van der Waals surface area contributed by atoms with Crippen LogP contribution in [0.15, 0.2) is 42.5 Å². The van der Waals surface area contributed by atoms with Crippen LogP contribution in [-0.4, -0.2) is 29.9 Å². The number of rotatable bonds is 6. The zero-order valence-electron chi connectivity index (χ0n) is 14.2. The molecule has 1 aliphatic heterocycles. The van der Waals surface area contributed by atoms with E-state index in [9.17, 15) is 14.7 Å². The molecule has 0 radical (unpaired) electrons. The lowest BCUT2D eigenvalue weighted by Gasteiger charge is -2.14. The van der Waals surface area contributed by atoms with Crippen molar-refractivity contribution in [3.63, 3.8) is 0 Å². The molecular formula is C19H19NO6. The number of aromatic hydroxyl groups is 1. The summed E-state index contributed by atoms with van der Waals surface area (Å²) < 4.78 is 15.7. The second-order valence-corrected chi connectivity index (χ2v) is 5.88. The third kappa shape index (κ3) is 4.44. The van der Waals surface area contributed by atoms with Crippen molar-refractivity contribution < 1.29 is 28.9 Å². The summed E-state index contributed by atoms with van der Waals surface area (Å²) in [4.78, 5) is 24.0. The van der Waals surface area contributed by atoms with Gasteiger partial charge >= 0.3 is 5.97 Å². The summed E-state index contributed by atoms with van der Waals surface area (Å²) in [5.74, 6) is 0.545. The Bertz CT molecular complexity index is 802. The molecule has 0 aliphatic carbocycles. The van der Waals surface area contributed by atoms with Crippen LogP contribution in [0, 0.1) is 0 Å². The fraction of sp³-hybridized carbons (Fsp3) is 0.263. The van der Waals surface area contributed by atoms with Gasteiger partial charge in [0, 0.05) is 6.54 Å². The first-order valence-corrected chi connectivity index (χ1v) is 8.15. The molecule has 136 valence electrons. The lowest BCUT2D eigenvalue weighted by molar-refractivity contribution is -0.154. The average Bonchev–Trinajstić information content (AvgIpc) is 3.09. The number of esters is 1. The van der Waals surface area contributed by atoms with Crippen LogP contribution in [0.3, 0.4) is 0 Å². The Balaban J connectivity index is 1.46. The summed E-state index contributed by atoms with van der Waals surface area (Å²) in [6.07, 6.45) is -0.881. The minimum atomic E-state index is -0.909. The lowest BCUT2D eigenvalue weighted by atomic mass is 10.1. The molecule has 1 atom stereocenters. The Labute approximate surface area is 150 Å². The highest BCUT2D eigenvalue weighted by Crippen LogP contribution is 2.32. The number of carbonyl (C=O) groups is 2. The van der Waals surface area contributed by atoms with Gasteiger partial charge in [-0.3, -0.25) is 9.59 Å². The Morgan fingerprint density at radius 1 is 1.12 bits per heavy atom. The van der Waals surface area contributed by atoms with E-state index >= 15 is 0 Å². The maximum absolute atomic E-state index is 12.1. The van der Waals surface area contributed by atoms with Gasteiger partial charge in [-0.2, -0.15) is 0 Å². The predicted molar refractivity (Wildman–Crippen MR) is 91.8 cm³/mol. The lowest BCUT2D eigenvalue weighted by Crippen LogP contribution is -2.35. The molecule has 26 heavy (non-hydrogen) atoms. The third-order valence-corrected chi connectivity index (χ3v) is 3.87. The topological polar surface area (TPSA) is 94.1 Å². The van der Waals surface area contributed by atoms with Crippen molar-refractivity contribution in [2.24, 2.45) is 0 Å². The Morgan fingerprint density at radius 3 is 2.58 bits per heavy atom. The highest BCUT2D eigenvalue weighted by molar-refractivity contribution is 5.83. The number of hydrogen-bond donors (Lipinski definition) is 2. The molecule has 0 aromatic heterocycles. The molecule has 0 spiro atoms. The molecule has 2 aromatic rings. The van der Waals surface area contributed by atoms with E-state index < -0.39 is 12.1 Å². The Morgan fingerprint density at radius 2 is 1.81 bits per heavy atom. The van der Waals surface area contributed by atoms with E-state index in [2.05, 4.69) is 5.32 Å². The molecule has 1 aliphatic rings. The van der Waals surface area contributed by atoms with Crippen molar-refractivity contribution in [3.8, 4) is 17.2 Å². The average molecular weight is 357 g/mol. The standard InChI is InChI=1S/C19H19NO6/c1-12(26-18(22)9-13-2-5-15(21)6-3-13)19(23)20-10-14-4-7-16-17(8-14)25-11-24-16/h2-8,12,21H,9-11H2,1H3,(H,20,23)/t12-/m0/s1. The molecule has 2 N–H and O–H groups in total. The predicted octanol–water partition coefficient (Wildman–Crippen LogP) is 1.91. The molecule has 0 saturated carbocycles. The molecule has 1 amide bonds. The van der Waals surface area contributed by atoms with Crippen molar-refractivity contribution in [3.05, 3.63) is 53.6 Å². The molecule has 3 rings (SSSR count). The summed E-state index contributed by atoms with van der Waals surface area (Å²) in [7, 11) is 0. The van der Waals surface area contributed by atoms with Gasteiger partial charge in [-0.25, -0.2) is 0 Å². The van der Waals surface area contributed by atoms with Gasteiger partial charge in [-0.1, -0.05) is 18.2 Å². The number of ether oxygens (including phenoxy) is 3. The van der Waals surface area contributed by atoms with E-state index in [1.807, 2.05) is 6.07 Å². The first-order valence-electron chi connectivity index (χ1n) is 8.15. The van der Waals surface area contributed by atoms with Crippen molar-refractivity contribution in [2.75, 3.05) is 6.79 Å². The Hall–Kier alpha value is -3.22. The van der Waals surface area contributed by atoms with Crippen LogP contribution in [0.5, 0.6) is 17.2 Å². The summed E-state index contributed by atoms with van der Waals surface area (Å²) >= 11 is 0. The van der Waals surface area contributed by atoms with Crippen LogP contribution in [0.1, 0.15) is 18.1 Å². The van der Waals surface area contributed by atoms with Crippen LogP contribution in [-0.2, 0) is 27.3 Å². The van der Waals surface area contributed by atoms with E-state index in [0.29, 0.717) is 17.1 Å². The first kappa shape index (κ1) is 17.6. The molecule has 0 unspecified atom stereocenters. The van der Waals surface area contributed by atoms with Crippen molar-refractivity contribution in [2.45, 2.75) is 26.0 Å². The maximum Gasteiger partial charge on any atom is 0.311 e. The number of phenolic OH excluding ortho intramolecular Hbond substituents is 1. The molecule has 2 aromatic carbocycles. The zero-order valence-corrected chi connectivity index (χ0v) is 14.2. The molecule has 7 heteroatoms. The van der Waals surface area contributed by atoms with Gasteiger partial charge < -0.3 is 24.6 Å². The third-order valence-electron chi connectivity index (χ3n) is 3.87. The molecule has 7 nitrogen and oxygen atoms in total. The summed E-state index contributed by atoms with van der Waals surface area (Å²) in [5, 5.41) is 12.0. The molecule has 0 saturated heterocycles. The van der Waals surface area contributed by atoms with E-state index in [-0.39, 0.29) is 31.4 Å². The minimum absolute atomic E-state index is 0.0278. The quantitative estimate of drug-likeness (QED) is 0.767. The summed E-state index contributed by atoms with van der Waals surface area (Å²) in [6, 6.07) is 11.6. The minimum Gasteiger partial charge on any atom is -0.508 e. The van der Waals surface area contributed by atoms with Gasteiger partial charge in [-0.05, 0) is 42.3 Å². The van der Waals surface area contributed by atoms with Gasteiger partial charge in [0.2, 0.25) is 6.79 Å². The fourth-order valence-electron chi connectivity index (χ4n) is 2.46. The second-order valence-electron chi connectivity index (χ2n) is 5.88. The molecule has 1 heterocycles. The number of carbonyl (C=O) groups excluding carboxylic acids is 2. The van der Waals surface area contributed by atoms with Crippen LogP contribution in [0.4, 0.5) is 0 Å². The zero-order chi connectivity index (χ0) is 18.5. The molecule has 0 fully saturated rings. The summed E-state index contributed by atoms with van der Waals surface area (Å²) in [5.41, 5.74) is 1.55. The van der Waals surface area contributed by atoms with Gasteiger partial charge in [0.05, 0.1) is 6.42 Å². The normalized spacial score (nSPS) is 13.1. The number of fused-ring (bicyclic) bond motifs is 1. The van der Waals surface area contributed by atoms with Gasteiger partial charge in [-0.15, -0.1) is 0 Å². The first-order chi connectivity index (χ1) is 12.5. The number of phenols is 1. The van der Waals surface area contributed by atoms with E-state index in [4.69, 9.17) is 14.2 Å². The number of nitrogens with one attached hydrogen (secondary N) is 1. The van der Waals surface area contributed by atoms with E-state index in [0.717, 1.165) is 5.56 Å². The highest BCUT2D eigenvalue weighted by atomic mass is 16.7. The maximum atomic E-state index is 12.1. The summed E-state index contributed by atoms with van der Waals surface area (Å²) in [6.45, 7) is 2.00. The Kier molecular flexibility index (Phi) is 5.26. The van der Waals surface area contributed by atoms with Crippen LogP contribution < -0.4 is 14.8 Å². The second kappa shape index (κ2) is 7.77. The number of benzene rings is 2. The van der Waals surface area contributed by atoms with Crippen molar-refractivity contribution in [1.29, 1.82) is 0 Å². The molecular weight excluding hydrogens is 338 g/mol. The van der Waals surface area contributed by atoms with Gasteiger partial charge in [0.25, 0.3) is 5.91 Å². The monoisotopic (exact) mass is 357 g/mol. The van der Waals surface area contributed by atoms with Crippen LogP contribution in [0.2, 0.25) is 0 Å². The number of hydrogen-bond acceptors (Lipinski definition) is 6. The van der Waals surface area contributed by atoms with Crippen LogP contribution in [0.25, 0.3) is 0 Å². The fourth-order valence-corrected chi connectivity index (χ4v) is 2.46. The molecule has 0 bridgehead atoms. The number of amides is 1. The van der Waals surface area contributed by atoms with Gasteiger partial charge in [0.1, 0.15) is 5.75 Å². The van der Waals surface area contributed by atoms with Gasteiger partial charge in [0.15, 0.2) is 17.6 Å². The SMILES string of the molecule is C[C@H](OC(=O)Cc1ccc(O)cc1)C(=O)NCc1ccc2c(c1)OCO2. The smallest absolute Gasteiger partial charge is 0.311 e. The van der Waals surface area contributed by atoms with Crippen LogP contribution >= 0.6 is 0 Å². The largest absolute Gasteiger partial charge is 0.508 e. The van der Waals surface area contributed by atoms with E-state index in [1.165, 1.54) is 19.1 Å². The highest BCUT2D eigenvalue weighted by Gasteiger charge is 2.18.